The normalized spacial score (nSPS) is 9.57. The Labute approximate surface area is 121 Å². The van der Waals surface area contributed by atoms with Crippen LogP contribution in [-0.2, 0) is 9.53 Å². The largest absolute Gasteiger partial charge is 0.452 e. The Morgan fingerprint density at radius 1 is 1.19 bits per heavy atom. The van der Waals surface area contributed by atoms with Crippen LogP contribution in [0.3, 0.4) is 0 Å². The van der Waals surface area contributed by atoms with E-state index in [0.717, 1.165) is 6.42 Å². The average molecular weight is 292 g/mol. The van der Waals surface area contributed by atoms with Crippen molar-refractivity contribution in [2.75, 3.05) is 13.2 Å². The number of rotatable bonds is 6. The van der Waals surface area contributed by atoms with E-state index in [0.29, 0.717) is 18.4 Å². The van der Waals surface area contributed by atoms with E-state index in [2.05, 4.69) is 5.32 Å². The molecule has 0 saturated heterocycles. The van der Waals surface area contributed by atoms with Crippen LogP contribution in [0.1, 0.15) is 34.1 Å². The van der Waals surface area contributed by atoms with Crippen LogP contribution < -0.4 is 10.6 Å². The molecule has 0 fully saturated rings. The molecule has 0 aromatic heterocycles. The molecule has 0 radical (unpaired) electrons. The van der Waals surface area contributed by atoms with Gasteiger partial charge >= 0.3 is 12.0 Å². The molecular formula is C14H16N2O5. The summed E-state index contributed by atoms with van der Waals surface area (Å²) in [7, 11) is 0. The second-order valence-corrected chi connectivity index (χ2v) is 4.12. The molecule has 0 bridgehead atoms. The van der Waals surface area contributed by atoms with Crippen LogP contribution in [0, 0.1) is 0 Å². The molecule has 0 atom stereocenters. The van der Waals surface area contributed by atoms with Crippen LogP contribution in [-0.4, -0.2) is 37.3 Å². The smallest absolute Gasteiger partial charge is 0.338 e. The standard InChI is InChI=1S/C14H16N2O5/c1-2-7-15-14(20)16-12(18)9-21-13(19)11-5-3-10(8-17)4-6-11/h3-6,8H,2,7,9H2,1H3,(H2,15,16,18,20). The molecule has 7 heteroatoms. The zero-order valence-corrected chi connectivity index (χ0v) is 11.5. The van der Waals surface area contributed by atoms with E-state index in [9.17, 15) is 19.2 Å². The second kappa shape index (κ2) is 8.47. The van der Waals surface area contributed by atoms with Crippen LogP contribution in [0.5, 0.6) is 0 Å². The highest BCUT2D eigenvalue weighted by atomic mass is 16.5. The lowest BCUT2D eigenvalue weighted by Crippen LogP contribution is -2.41. The zero-order chi connectivity index (χ0) is 15.7. The molecule has 21 heavy (non-hydrogen) atoms. The lowest BCUT2D eigenvalue weighted by Gasteiger charge is -2.06. The summed E-state index contributed by atoms with van der Waals surface area (Å²) in [5.41, 5.74) is 0.640. The number of hydrogen-bond acceptors (Lipinski definition) is 5. The molecule has 0 unspecified atom stereocenters. The zero-order valence-electron chi connectivity index (χ0n) is 11.5. The van der Waals surface area contributed by atoms with Gasteiger partial charge in [0.1, 0.15) is 6.29 Å². The van der Waals surface area contributed by atoms with E-state index < -0.39 is 24.5 Å². The number of carbonyl (C=O) groups excluding carboxylic acids is 4. The van der Waals surface area contributed by atoms with Crippen molar-refractivity contribution in [3.63, 3.8) is 0 Å². The van der Waals surface area contributed by atoms with E-state index in [-0.39, 0.29) is 5.56 Å². The van der Waals surface area contributed by atoms with Gasteiger partial charge < -0.3 is 10.1 Å². The average Bonchev–Trinajstić information content (AvgIpc) is 2.50. The minimum Gasteiger partial charge on any atom is -0.452 e. The van der Waals surface area contributed by atoms with Gasteiger partial charge in [-0.15, -0.1) is 0 Å². The first-order valence-corrected chi connectivity index (χ1v) is 6.37. The fraction of sp³-hybridized carbons (Fsp3) is 0.286. The molecular weight excluding hydrogens is 276 g/mol. The molecule has 1 aromatic carbocycles. The molecule has 2 N–H and O–H groups in total. The molecule has 0 aliphatic carbocycles. The number of urea groups is 1. The van der Waals surface area contributed by atoms with Crippen molar-refractivity contribution in [1.82, 2.24) is 10.6 Å². The Morgan fingerprint density at radius 3 is 2.43 bits per heavy atom. The Bertz CT molecular complexity index is 525. The minimum atomic E-state index is -0.721. The number of aldehydes is 1. The van der Waals surface area contributed by atoms with Crippen molar-refractivity contribution < 1.29 is 23.9 Å². The lowest BCUT2D eigenvalue weighted by atomic mass is 10.1. The van der Waals surface area contributed by atoms with E-state index in [1.54, 1.807) is 0 Å². The summed E-state index contributed by atoms with van der Waals surface area (Å²) in [5, 5.41) is 4.48. The molecule has 1 rings (SSSR count). The number of hydrogen-bond donors (Lipinski definition) is 2. The summed E-state index contributed by atoms with van der Waals surface area (Å²) >= 11 is 0. The summed E-state index contributed by atoms with van der Waals surface area (Å²) in [6.07, 6.45) is 1.39. The number of ether oxygens (including phenoxy) is 1. The first-order valence-electron chi connectivity index (χ1n) is 6.37. The Morgan fingerprint density at radius 2 is 1.86 bits per heavy atom. The molecule has 0 aliphatic rings. The summed E-state index contributed by atoms with van der Waals surface area (Å²) in [4.78, 5) is 44.6. The van der Waals surface area contributed by atoms with Crippen molar-refractivity contribution in [3.8, 4) is 0 Å². The summed E-state index contributed by atoms with van der Waals surface area (Å²) in [6.45, 7) is 1.76. The summed E-state index contributed by atoms with van der Waals surface area (Å²) in [5.74, 6) is -1.43. The van der Waals surface area contributed by atoms with Gasteiger partial charge in [0.05, 0.1) is 5.56 Å². The third-order valence-electron chi connectivity index (χ3n) is 2.41. The highest BCUT2D eigenvalue weighted by molar-refractivity contribution is 5.97. The van der Waals surface area contributed by atoms with Crippen LogP contribution >= 0.6 is 0 Å². The van der Waals surface area contributed by atoms with Gasteiger partial charge in [-0.2, -0.15) is 0 Å². The maximum atomic E-state index is 11.6. The molecule has 1 aromatic rings. The summed E-state index contributed by atoms with van der Waals surface area (Å²) in [6, 6.07) is 5.12. The molecule has 112 valence electrons. The van der Waals surface area contributed by atoms with Crippen molar-refractivity contribution in [1.29, 1.82) is 0 Å². The molecule has 3 amide bonds. The van der Waals surface area contributed by atoms with E-state index >= 15 is 0 Å². The fourth-order valence-electron chi connectivity index (χ4n) is 1.36. The molecule has 0 spiro atoms. The van der Waals surface area contributed by atoms with E-state index in [1.165, 1.54) is 24.3 Å². The fourth-order valence-corrected chi connectivity index (χ4v) is 1.36. The number of nitrogens with one attached hydrogen (secondary N) is 2. The molecule has 0 saturated carbocycles. The topological polar surface area (TPSA) is 102 Å². The van der Waals surface area contributed by atoms with Crippen molar-refractivity contribution in [3.05, 3.63) is 35.4 Å². The monoisotopic (exact) mass is 292 g/mol. The lowest BCUT2D eigenvalue weighted by molar-refractivity contribution is -0.123. The predicted molar refractivity (Wildman–Crippen MR) is 73.9 cm³/mol. The third-order valence-corrected chi connectivity index (χ3v) is 2.41. The number of carbonyl (C=O) groups is 4. The van der Waals surface area contributed by atoms with Crippen LogP contribution in [0.4, 0.5) is 4.79 Å². The van der Waals surface area contributed by atoms with E-state index in [1.807, 2.05) is 12.2 Å². The number of amides is 3. The quantitative estimate of drug-likeness (QED) is 0.599. The highest BCUT2D eigenvalue weighted by Crippen LogP contribution is 2.04. The van der Waals surface area contributed by atoms with Gasteiger partial charge in [0, 0.05) is 12.1 Å². The van der Waals surface area contributed by atoms with Gasteiger partial charge in [-0.25, -0.2) is 9.59 Å². The van der Waals surface area contributed by atoms with Crippen molar-refractivity contribution in [2.24, 2.45) is 0 Å². The van der Waals surface area contributed by atoms with Crippen LogP contribution in [0.15, 0.2) is 24.3 Å². The Kier molecular flexibility index (Phi) is 6.59. The van der Waals surface area contributed by atoms with Gasteiger partial charge in [0.25, 0.3) is 5.91 Å². The van der Waals surface area contributed by atoms with Gasteiger partial charge in [-0.3, -0.25) is 14.9 Å². The summed E-state index contributed by atoms with van der Waals surface area (Å²) < 4.78 is 4.75. The highest BCUT2D eigenvalue weighted by Gasteiger charge is 2.12. The van der Waals surface area contributed by atoms with Crippen molar-refractivity contribution in [2.45, 2.75) is 13.3 Å². The predicted octanol–water partition coefficient (Wildman–Crippen LogP) is 0.892. The first kappa shape index (κ1) is 16.4. The number of imide groups is 1. The first-order chi connectivity index (χ1) is 10.1. The van der Waals surface area contributed by atoms with Crippen molar-refractivity contribution >= 4 is 24.2 Å². The van der Waals surface area contributed by atoms with E-state index in [4.69, 9.17) is 4.74 Å². The maximum Gasteiger partial charge on any atom is 0.338 e. The molecule has 0 aliphatic heterocycles. The maximum absolute atomic E-state index is 11.6. The van der Waals surface area contributed by atoms with Gasteiger partial charge in [-0.05, 0) is 18.6 Å². The second-order valence-electron chi connectivity index (χ2n) is 4.12. The number of esters is 1. The Hall–Kier alpha value is -2.70. The SMILES string of the molecule is CCCNC(=O)NC(=O)COC(=O)c1ccc(C=O)cc1. The van der Waals surface area contributed by atoms with Crippen LogP contribution in [0.25, 0.3) is 0 Å². The number of benzene rings is 1. The minimum absolute atomic E-state index is 0.212. The Balaban J connectivity index is 2.39. The molecule has 0 heterocycles. The molecule has 7 nitrogen and oxygen atoms in total. The van der Waals surface area contributed by atoms with Gasteiger partial charge in [0.2, 0.25) is 0 Å². The van der Waals surface area contributed by atoms with Gasteiger partial charge in [-0.1, -0.05) is 19.1 Å². The van der Waals surface area contributed by atoms with Gasteiger partial charge in [0.15, 0.2) is 6.61 Å². The van der Waals surface area contributed by atoms with Crippen LogP contribution in [0.2, 0.25) is 0 Å². The third kappa shape index (κ3) is 5.85.